The summed E-state index contributed by atoms with van der Waals surface area (Å²) in [7, 11) is 2.11. The first kappa shape index (κ1) is 23.1. The summed E-state index contributed by atoms with van der Waals surface area (Å²) in [4.78, 5) is 28.7. The van der Waals surface area contributed by atoms with Crippen LogP contribution in [0.5, 0.6) is 0 Å². The Balaban J connectivity index is 0.00000123. The minimum absolute atomic E-state index is 0.0222. The summed E-state index contributed by atoms with van der Waals surface area (Å²) < 4.78 is 0. The van der Waals surface area contributed by atoms with Crippen molar-refractivity contribution in [2.45, 2.75) is 67.7 Å². The highest BCUT2D eigenvalue weighted by Crippen LogP contribution is 2.34. The molecule has 2 rings (SSSR count). The number of rotatable bonds is 2. The number of amides is 1. The van der Waals surface area contributed by atoms with Crippen molar-refractivity contribution >= 4 is 11.7 Å². The number of Topliss-reactive ketones (excluding diaryl/α,β-unsaturated/α-hetero) is 1. The Morgan fingerprint density at radius 3 is 1.92 bits per heavy atom. The van der Waals surface area contributed by atoms with Crippen LogP contribution in [-0.2, 0) is 9.59 Å². The first-order valence-corrected chi connectivity index (χ1v) is 9.76. The van der Waals surface area contributed by atoms with Gasteiger partial charge in [-0.05, 0) is 51.7 Å². The Kier molecular flexibility index (Phi) is 10.5. The molecule has 2 aliphatic rings. The van der Waals surface area contributed by atoms with E-state index >= 15 is 0 Å². The van der Waals surface area contributed by atoms with E-state index in [1.54, 1.807) is 6.92 Å². The smallest absolute Gasteiger partial charge is 0.225 e. The van der Waals surface area contributed by atoms with E-state index < -0.39 is 0 Å². The number of carbonyl (C=O) groups excluding carboxylic acids is 2. The fourth-order valence-electron chi connectivity index (χ4n) is 3.60. The summed E-state index contributed by atoms with van der Waals surface area (Å²) in [6.45, 7) is 17.4. The SMILES string of the molecule is CC.CC.CC(=O)C1CN(C(=O)C2CCN(C)CC2)CC(C)(C)C1. The zero-order valence-corrected chi connectivity index (χ0v) is 17.3. The lowest BCUT2D eigenvalue weighted by Gasteiger charge is -2.43. The fourth-order valence-corrected chi connectivity index (χ4v) is 3.60. The van der Waals surface area contributed by atoms with Crippen molar-refractivity contribution in [1.29, 1.82) is 0 Å². The first-order chi connectivity index (χ1) is 11.3. The van der Waals surface area contributed by atoms with Gasteiger partial charge in [0.05, 0.1) is 0 Å². The molecule has 0 aromatic carbocycles. The third kappa shape index (κ3) is 6.92. The molecule has 2 saturated heterocycles. The highest BCUT2D eigenvalue weighted by Gasteiger charge is 2.38. The molecule has 0 radical (unpaired) electrons. The zero-order valence-electron chi connectivity index (χ0n) is 17.3. The predicted octanol–water partition coefficient (Wildman–Crippen LogP) is 3.84. The summed E-state index contributed by atoms with van der Waals surface area (Å²) in [5.74, 6) is 0.678. The molecule has 0 aliphatic carbocycles. The van der Waals surface area contributed by atoms with Gasteiger partial charge >= 0.3 is 0 Å². The maximum absolute atomic E-state index is 12.7. The highest BCUT2D eigenvalue weighted by molar-refractivity contribution is 5.82. The standard InChI is InChI=1S/C16H28N2O2.2C2H6/c1-12(19)14-9-16(2,3)11-18(10-14)15(20)13-5-7-17(4)8-6-13;2*1-2/h13-14H,5-11H2,1-4H3;2*1-2H3. The van der Waals surface area contributed by atoms with Crippen LogP contribution in [0.25, 0.3) is 0 Å². The molecule has 4 nitrogen and oxygen atoms in total. The molecule has 0 spiro atoms. The van der Waals surface area contributed by atoms with Crippen molar-refractivity contribution in [1.82, 2.24) is 9.80 Å². The highest BCUT2D eigenvalue weighted by atomic mass is 16.2. The molecule has 1 unspecified atom stereocenters. The van der Waals surface area contributed by atoms with E-state index in [0.29, 0.717) is 6.54 Å². The molecule has 0 saturated carbocycles. The third-order valence-corrected chi connectivity index (χ3v) is 4.81. The van der Waals surface area contributed by atoms with E-state index in [9.17, 15) is 9.59 Å². The molecule has 4 heteroatoms. The molecule has 0 aromatic rings. The topological polar surface area (TPSA) is 40.6 Å². The number of piperidine rings is 2. The monoisotopic (exact) mass is 340 g/mol. The number of likely N-dealkylation sites (tertiary alicyclic amines) is 2. The predicted molar refractivity (Wildman–Crippen MR) is 102 cm³/mol. The third-order valence-electron chi connectivity index (χ3n) is 4.81. The summed E-state index contributed by atoms with van der Waals surface area (Å²) >= 11 is 0. The van der Waals surface area contributed by atoms with Gasteiger partial charge in [-0.3, -0.25) is 9.59 Å². The van der Waals surface area contributed by atoms with Gasteiger partial charge in [0.25, 0.3) is 0 Å². The largest absolute Gasteiger partial charge is 0.341 e. The molecular formula is C20H40N2O2. The van der Waals surface area contributed by atoms with Crippen LogP contribution in [0.2, 0.25) is 0 Å². The van der Waals surface area contributed by atoms with Crippen molar-refractivity contribution in [3.05, 3.63) is 0 Å². The molecule has 0 N–H and O–H groups in total. The lowest BCUT2D eigenvalue weighted by molar-refractivity contribution is -0.143. The quantitative estimate of drug-likeness (QED) is 0.767. The van der Waals surface area contributed by atoms with Crippen molar-refractivity contribution < 1.29 is 9.59 Å². The van der Waals surface area contributed by atoms with E-state index in [4.69, 9.17) is 0 Å². The van der Waals surface area contributed by atoms with Crippen LogP contribution in [0, 0.1) is 17.3 Å². The second-order valence-corrected chi connectivity index (χ2v) is 7.47. The maximum atomic E-state index is 12.7. The first-order valence-electron chi connectivity index (χ1n) is 9.76. The fraction of sp³-hybridized carbons (Fsp3) is 0.900. The van der Waals surface area contributed by atoms with Gasteiger partial charge in [-0.1, -0.05) is 41.5 Å². The molecule has 2 fully saturated rings. The molecule has 2 aliphatic heterocycles. The van der Waals surface area contributed by atoms with Gasteiger partial charge in [0, 0.05) is 24.9 Å². The van der Waals surface area contributed by atoms with Gasteiger partial charge in [-0.25, -0.2) is 0 Å². The minimum atomic E-state index is 0.0222. The number of ketones is 1. The molecule has 1 atom stereocenters. The van der Waals surface area contributed by atoms with Gasteiger partial charge in [0.2, 0.25) is 5.91 Å². The lowest BCUT2D eigenvalue weighted by Crippen LogP contribution is -2.52. The lowest BCUT2D eigenvalue weighted by atomic mass is 9.76. The van der Waals surface area contributed by atoms with Crippen LogP contribution in [0.4, 0.5) is 0 Å². The Hall–Kier alpha value is -0.900. The van der Waals surface area contributed by atoms with Crippen LogP contribution >= 0.6 is 0 Å². The second-order valence-electron chi connectivity index (χ2n) is 7.47. The van der Waals surface area contributed by atoms with Crippen LogP contribution < -0.4 is 0 Å². The van der Waals surface area contributed by atoms with Gasteiger partial charge in [-0.2, -0.15) is 0 Å². The zero-order chi connectivity index (χ0) is 18.9. The van der Waals surface area contributed by atoms with Crippen LogP contribution in [-0.4, -0.2) is 54.7 Å². The summed E-state index contributed by atoms with van der Waals surface area (Å²) in [6.07, 6.45) is 2.81. The van der Waals surface area contributed by atoms with Crippen molar-refractivity contribution in [2.24, 2.45) is 17.3 Å². The molecule has 0 aromatic heterocycles. The average molecular weight is 341 g/mol. The number of hydrogen-bond donors (Lipinski definition) is 0. The number of carbonyl (C=O) groups is 2. The van der Waals surface area contributed by atoms with E-state index in [1.165, 1.54) is 0 Å². The summed E-state index contributed by atoms with van der Waals surface area (Å²) in [5, 5.41) is 0. The molecule has 2 heterocycles. The normalized spacial score (nSPS) is 24.2. The maximum Gasteiger partial charge on any atom is 0.225 e. The van der Waals surface area contributed by atoms with E-state index in [1.807, 2.05) is 32.6 Å². The molecule has 1 amide bonds. The van der Waals surface area contributed by atoms with Gasteiger partial charge < -0.3 is 9.80 Å². The number of hydrogen-bond acceptors (Lipinski definition) is 3. The molecular weight excluding hydrogens is 300 g/mol. The second kappa shape index (κ2) is 10.9. The molecule has 24 heavy (non-hydrogen) atoms. The molecule has 0 bridgehead atoms. The van der Waals surface area contributed by atoms with Gasteiger partial charge in [-0.15, -0.1) is 0 Å². The van der Waals surface area contributed by atoms with Gasteiger partial charge in [0.15, 0.2) is 0 Å². The minimum Gasteiger partial charge on any atom is -0.341 e. The van der Waals surface area contributed by atoms with Crippen molar-refractivity contribution in [3.8, 4) is 0 Å². The van der Waals surface area contributed by atoms with E-state index in [2.05, 4.69) is 25.8 Å². The van der Waals surface area contributed by atoms with Gasteiger partial charge in [0.1, 0.15) is 5.78 Å². The van der Waals surface area contributed by atoms with Crippen molar-refractivity contribution in [2.75, 3.05) is 33.2 Å². The molecule has 142 valence electrons. The van der Waals surface area contributed by atoms with E-state index in [-0.39, 0.29) is 28.9 Å². The Labute approximate surface area is 150 Å². The van der Waals surface area contributed by atoms with Crippen LogP contribution in [0.1, 0.15) is 67.7 Å². The van der Waals surface area contributed by atoms with Crippen LogP contribution in [0.3, 0.4) is 0 Å². The Morgan fingerprint density at radius 1 is 0.958 bits per heavy atom. The average Bonchev–Trinajstić information content (AvgIpc) is 2.57. The number of nitrogens with zero attached hydrogens (tertiary/aromatic N) is 2. The summed E-state index contributed by atoms with van der Waals surface area (Å²) in [5.41, 5.74) is 0.0513. The summed E-state index contributed by atoms with van der Waals surface area (Å²) in [6, 6.07) is 0. The Morgan fingerprint density at radius 2 is 1.46 bits per heavy atom. The van der Waals surface area contributed by atoms with Crippen molar-refractivity contribution in [3.63, 3.8) is 0 Å². The van der Waals surface area contributed by atoms with E-state index in [0.717, 1.165) is 38.9 Å². The van der Waals surface area contributed by atoms with Crippen LogP contribution in [0.15, 0.2) is 0 Å². The Bertz CT molecular complexity index is 385.